The number of rotatable bonds is 5. The maximum absolute atomic E-state index is 12.9. The van der Waals surface area contributed by atoms with E-state index in [1.807, 2.05) is 4.90 Å². The molecule has 0 spiro atoms. The zero-order valence-electron chi connectivity index (χ0n) is 11.0. The van der Waals surface area contributed by atoms with E-state index < -0.39 is 0 Å². The number of nitrogens with zero attached hydrogens (tertiary/aromatic N) is 1. The summed E-state index contributed by atoms with van der Waals surface area (Å²) in [6.07, 6.45) is 2.28. The van der Waals surface area contributed by atoms with Crippen LogP contribution in [-0.4, -0.2) is 36.3 Å². The Labute approximate surface area is 125 Å². The van der Waals surface area contributed by atoms with Crippen LogP contribution in [0.15, 0.2) is 22.7 Å². The van der Waals surface area contributed by atoms with Gasteiger partial charge < -0.3 is 10.2 Å². The molecule has 0 bridgehead atoms. The quantitative estimate of drug-likeness (QED) is 0.835. The van der Waals surface area contributed by atoms with Crippen molar-refractivity contribution >= 4 is 27.7 Å². The third-order valence-electron chi connectivity index (χ3n) is 3.24. The second-order valence-electron chi connectivity index (χ2n) is 4.72. The molecule has 0 unspecified atom stereocenters. The van der Waals surface area contributed by atoms with Crippen LogP contribution in [0.3, 0.4) is 0 Å². The molecular weight excluding hydrogens is 327 g/mol. The van der Waals surface area contributed by atoms with Crippen molar-refractivity contribution < 1.29 is 14.0 Å². The highest BCUT2D eigenvalue weighted by atomic mass is 79.9. The van der Waals surface area contributed by atoms with E-state index in [0.717, 1.165) is 19.4 Å². The van der Waals surface area contributed by atoms with E-state index in [9.17, 15) is 14.0 Å². The van der Waals surface area contributed by atoms with Crippen molar-refractivity contribution in [2.75, 3.05) is 19.6 Å². The van der Waals surface area contributed by atoms with Crippen molar-refractivity contribution in [1.29, 1.82) is 0 Å². The number of nitrogens with one attached hydrogen (secondary N) is 1. The number of hydrogen-bond donors (Lipinski definition) is 1. The summed E-state index contributed by atoms with van der Waals surface area (Å²) in [6, 6.07) is 3.96. The van der Waals surface area contributed by atoms with Gasteiger partial charge in [-0.05, 0) is 47.0 Å². The van der Waals surface area contributed by atoms with Crippen molar-refractivity contribution in [2.24, 2.45) is 0 Å². The molecule has 1 N–H and O–H groups in total. The van der Waals surface area contributed by atoms with Gasteiger partial charge in [-0.2, -0.15) is 0 Å². The van der Waals surface area contributed by atoms with E-state index in [1.54, 1.807) is 0 Å². The van der Waals surface area contributed by atoms with E-state index in [4.69, 9.17) is 0 Å². The summed E-state index contributed by atoms with van der Waals surface area (Å²) >= 11 is 3.16. The number of hydrogen-bond acceptors (Lipinski definition) is 2. The summed E-state index contributed by atoms with van der Waals surface area (Å²) in [5.41, 5.74) is 0.406. The molecule has 0 aromatic heterocycles. The molecule has 1 aromatic rings. The van der Waals surface area contributed by atoms with Gasteiger partial charge in [0.25, 0.3) is 5.91 Å². The molecule has 20 heavy (non-hydrogen) atoms. The number of carbonyl (C=O) groups is 2. The van der Waals surface area contributed by atoms with Gasteiger partial charge in [0.15, 0.2) is 0 Å². The Morgan fingerprint density at radius 2 is 2.25 bits per heavy atom. The van der Waals surface area contributed by atoms with E-state index >= 15 is 0 Å². The van der Waals surface area contributed by atoms with Crippen LogP contribution in [0.5, 0.6) is 0 Å². The lowest BCUT2D eigenvalue weighted by Gasteiger charge is -2.15. The van der Waals surface area contributed by atoms with Gasteiger partial charge in [0.05, 0.1) is 5.56 Å². The van der Waals surface area contributed by atoms with Crippen molar-refractivity contribution in [3.63, 3.8) is 0 Å². The predicted octanol–water partition coefficient (Wildman–Crippen LogP) is 2.33. The zero-order chi connectivity index (χ0) is 14.5. The molecule has 2 rings (SSSR count). The molecular formula is C14H16BrFN2O2. The molecule has 1 aliphatic rings. The average molecular weight is 343 g/mol. The highest BCUT2D eigenvalue weighted by Gasteiger charge is 2.19. The first-order valence-corrected chi connectivity index (χ1v) is 7.38. The summed E-state index contributed by atoms with van der Waals surface area (Å²) in [6.45, 7) is 1.98. The first kappa shape index (κ1) is 15.0. The number of halogens is 2. The van der Waals surface area contributed by atoms with Crippen molar-refractivity contribution in [3.8, 4) is 0 Å². The van der Waals surface area contributed by atoms with Gasteiger partial charge in [-0.25, -0.2) is 4.39 Å². The minimum Gasteiger partial charge on any atom is -0.352 e. The number of benzene rings is 1. The molecule has 0 atom stereocenters. The van der Waals surface area contributed by atoms with E-state index in [-0.39, 0.29) is 17.6 Å². The first-order valence-electron chi connectivity index (χ1n) is 6.59. The molecule has 6 heteroatoms. The summed E-state index contributed by atoms with van der Waals surface area (Å²) in [7, 11) is 0. The van der Waals surface area contributed by atoms with Crippen LogP contribution in [0.4, 0.5) is 4.39 Å². The van der Waals surface area contributed by atoms with Crippen LogP contribution in [-0.2, 0) is 4.79 Å². The molecule has 1 saturated heterocycles. The standard InChI is InChI=1S/C14H16BrFN2O2/c15-12-9-10(16)4-5-11(12)14(20)17-6-2-8-18-7-1-3-13(18)19/h4-5,9H,1-3,6-8H2,(H,17,20). The maximum Gasteiger partial charge on any atom is 0.252 e. The van der Waals surface area contributed by atoms with Crippen LogP contribution >= 0.6 is 15.9 Å². The summed E-state index contributed by atoms with van der Waals surface area (Å²) in [4.78, 5) is 25.1. The lowest BCUT2D eigenvalue weighted by atomic mass is 10.2. The van der Waals surface area contributed by atoms with Gasteiger partial charge in [0.1, 0.15) is 5.82 Å². The van der Waals surface area contributed by atoms with E-state index in [0.29, 0.717) is 29.5 Å². The molecule has 108 valence electrons. The fourth-order valence-corrected chi connectivity index (χ4v) is 2.71. The molecule has 0 aliphatic carbocycles. The Morgan fingerprint density at radius 3 is 2.90 bits per heavy atom. The zero-order valence-corrected chi connectivity index (χ0v) is 12.6. The van der Waals surface area contributed by atoms with Gasteiger partial charge >= 0.3 is 0 Å². The molecule has 1 aromatic carbocycles. The number of likely N-dealkylation sites (tertiary alicyclic amines) is 1. The fourth-order valence-electron chi connectivity index (χ4n) is 2.18. The predicted molar refractivity (Wildman–Crippen MR) is 76.9 cm³/mol. The molecule has 1 aliphatic heterocycles. The third kappa shape index (κ3) is 3.79. The Hall–Kier alpha value is -1.43. The smallest absolute Gasteiger partial charge is 0.252 e. The fraction of sp³-hybridized carbons (Fsp3) is 0.429. The van der Waals surface area contributed by atoms with Crippen LogP contribution in [0.1, 0.15) is 29.6 Å². The molecule has 4 nitrogen and oxygen atoms in total. The van der Waals surface area contributed by atoms with Gasteiger partial charge in [0, 0.05) is 30.5 Å². The Kier molecular flexibility index (Phi) is 5.11. The average Bonchev–Trinajstić information content (AvgIpc) is 2.80. The minimum absolute atomic E-state index is 0.192. The van der Waals surface area contributed by atoms with Crippen LogP contribution in [0, 0.1) is 5.82 Å². The summed E-state index contributed by atoms with van der Waals surface area (Å²) in [5, 5.41) is 2.77. The van der Waals surface area contributed by atoms with E-state index in [2.05, 4.69) is 21.2 Å². The van der Waals surface area contributed by atoms with Gasteiger partial charge in [-0.3, -0.25) is 9.59 Å². The molecule has 1 fully saturated rings. The van der Waals surface area contributed by atoms with Crippen molar-refractivity contribution in [2.45, 2.75) is 19.3 Å². The normalized spacial score (nSPS) is 14.7. The molecule has 2 amide bonds. The number of amides is 2. The first-order chi connectivity index (χ1) is 9.58. The highest BCUT2D eigenvalue weighted by Crippen LogP contribution is 2.17. The maximum atomic E-state index is 12.9. The monoisotopic (exact) mass is 342 g/mol. The van der Waals surface area contributed by atoms with Gasteiger partial charge in [0.2, 0.25) is 5.91 Å². The van der Waals surface area contributed by atoms with Gasteiger partial charge in [-0.1, -0.05) is 0 Å². The highest BCUT2D eigenvalue weighted by molar-refractivity contribution is 9.10. The summed E-state index contributed by atoms with van der Waals surface area (Å²) < 4.78 is 13.4. The Morgan fingerprint density at radius 1 is 1.45 bits per heavy atom. The third-order valence-corrected chi connectivity index (χ3v) is 3.89. The molecule has 0 saturated carbocycles. The van der Waals surface area contributed by atoms with E-state index in [1.165, 1.54) is 18.2 Å². The van der Waals surface area contributed by atoms with Gasteiger partial charge in [-0.15, -0.1) is 0 Å². The van der Waals surface area contributed by atoms with Crippen LogP contribution in [0.2, 0.25) is 0 Å². The van der Waals surface area contributed by atoms with Crippen LogP contribution in [0.25, 0.3) is 0 Å². The lowest BCUT2D eigenvalue weighted by molar-refractivity contribution is -0.127. The Balaban J connectivity index is 1.76. The number of carbonyl (C=O) groups excluding carboxylic acids is 2. The minimum atomic E-state index is -0.388. The SMILES string of the molecule is O=C(NCCCN1CCCC1=O)c1ccc(F)cc1Br. The largest absolute Gasteiger partial charge is 0.352 e. The molecule has 1 heterocycles. The second-order valence-corrected chi connectivity index (χ2v) is 5.57. The Bertz CT molecular complexity index is 522. The van der Waals surface area contributed by atoms with Crippen molar-refractivity contribution in [1.82, 2.24) is 10.2 Å². The van der Waals surface area contributed by atoms with Crippen molar-refractivity contribution in [3.05, 3.63) is 34.1 Å². The summed E-state index contributed by atoms with van der Waals surface area (Å²) in [5.74, 6) is -0.441. The lowest BCUT2D eigenvalue weighted by Crippen LogP contribution is -2.30. The topological polar surface area (TPSA) is 49.4 Å². The van der Waals surface area contributed by atoms with Crippen LogP contribution < -0.4 is 5.32 Å². The molecule has 0 radical (unpaired) electrons. The second kappa shape index (κ2) is 6.83.